The summed E-state index contributed by atoms with van der Waals surface area (Å²) in [5.41, 5.74) is 2.78. The fourth-order valence-electron chi connectivity index (χ4n) is 4.54. The van der Waals surface area contributed by atoms with Gasteiger partial charge in [0.1, 0.15) is 17.2 Å². The Kier molecular flexibility index (Phi) is 10.3. The molecule has 0 atom stereocenters. The molecule has 0 saturated carbocycles. The normalized spacial score (nSPS) is 14.2. The summed E-state index contributed by atoms with van der Waals surface area (Å²) in [5.74, 6) is 3.01. The topological polar surface area (TPSA) is 66.2 Å². The number of aromatic nitrogens is 1. The van der Waals surface area contributed by atoms with Crippen molar-refractivity contribution < 1.29 is 23.5 Å². The number of hydrogen-bond acceptors (Lipinski definition) is 7. The lowest BCUT2D eigenvalue weighted by Gasteiger charge is -2.26. The van der Waals surface area contributed by atoms with Crippen LogP contribution in [0.25, 0.3) is 22.5 Å². The van der Waals surface area contributed by atoms with E-state index >= 15 is 0 Å². The van der Waals surface area contributed by atoms with Crippen molar-refractivity contribution in [2.45, 2.75) is 52.1 Å². The summed E-state index contributed by atoms with van der Waals surface area (Å²) in [5, 5.41) is 4.10. The lowest BCUT2D eigenvalue weighted by Crippen LogP contribution is -2.36. The highest BCUT2D eigenvalue weighted by molar-refractivity contribution is 5.82. The molecule has 0 unspecified atom stereocenters. The molecule has 1 fully saturated rings. The average molecular weight is 509 g/mol. The Morgan fingerprint density at radius 1 is 0.892 bits per heavy atom. The molecule has 1 aliphatic heterocycles. The second kappa shape index (κ2) is 14.1. The lowest BCUT2D eigenvalue weighted by atomic mass is 10.0. The Morgan fingerprint density at radius 2 is 1.62 bits per heavy atom. The number of morpholine rings is 1. The van der Waals surface area contributed by atoms with Crippen LogP contribution < -0.4 is 14.2 Å². The number of benzene rings is 2. The predicted octanol–water partition coefficient (Wildman–Crippen LogP) is 6.47. The van der Waals surface area contributed by atoms with E-state index in [1.807, 2.05) is 56.3 Å². The van der Waals surface area contributed by atoms with E-state index < -0.39 is 0 Å². The van der Waals surface area contributed by atoms with Crippen LogP contribution >= 0.6 is 0 Å². The summed E-state index contributed by atoms with van der Waals surface area (Å²) >= 11 is 0. The van der Waals surface area contributed by atoms with Gasteiger partial charge in [0.2, 0.25) is 0 Å². The zero-order valence-corrected chi connectivity index (χ0v) is 22.4. The van der Waals surface area contributed by atoms with Crippen molar-refractivity contribution in [2.75, 3.05) is 46.6 Å². The molecule has 7 heteroatoms. The molecule has 2 heterocycles. The van der Waals surface area contributed by atoms with Gasteiger partial charge >= 0.3 is 0 Å². The molecule has 0 N–H and O–H groups in total. The minimum absolute atomic E-state index is 0.0799. The van der Waals surface area contributed by atoms with E-state index in [1.165, 1.54) is 25.8 Å². The molecule has 0 radical (unpaired) electrons. The number of unbranched alkanes of at least 4 members (excludes halogenated alkanes) is 4. The van der Waals surface area contributed by atoms with Crippen LogP contribution in [0.3, 0.4) is 0 Å². The molecule has 0 aliphatic carbocycles. The maximum absolute atomic E-state index is 6.30. The summed E-state index contributed by atoms with van der Waals surface area (Å²) in [7, 11) is 1.66. The largest absolute Gasteiger partial charge is 0.497 e. The van der Waals surface area contributed by atoms with Gasteiger partial charge in [-0.15, -0.1) is 0 Å². The van der Waals surface area contributed by atoms with Gasteiger partial charge in [0.05, 0.1) is 44.8 Å². The van der Waals surface area contributed by atoms with E-state index in [1.54, 1.807) is 13.3 Å². The Morgan fingerprint density at radius 3 is 2.38 bits per heavy atom. The maximum atomic E-state index is 6.30. The van der Waals surface area contributed by atoms with Crippen LogP contribution in [0.5, 0.6) is 17.2 Å². The quantitative estimate of drug-likeness (QED) is 0.231. The Balaban J connectivity index is 1.36. The fraction of sp³-hybridized carbons (Fsp3) is 0.500. The van der Waals surface area contributed by atoms with E-state index in [4.69, 9.17) is 23.5 Å². The molecule has 1 saturated heterocycles. The van der Waals surface area contributed by atoms with E-state index in [0.717, 1.165) is 73.1 Å². The first-order valence-corrected chi connectivity index (χ1v) is 13.5. The second-order valence-corrected chi connectivity index (χ2v) is 9.69. The third kappa shape index (κ3) is 7.98. The summed E-state index contributed by atoms with van der Waals surface area (Å²) < 4.78 is 28.7. The molecule has 7 nitrogen and oxygen atoms in total. The second-order valence-electron chi connectivity index (χ2n) is 9.69. The van der Waals surface area contributed by atoms with Crippen LogP contribution in [-0.4, -0.2) is 62.7 Å². The van der Waals surface area contributed by atoms with Crippen LogP contribution in [0.4, 0.5) is 0 Å². The first-order chi connectivity index (χ1) is 18.1. The zero-order chi connectivity index (χ0) is 25.9. The van der Waals surface area contributed by atoms with E-state index in [0.29, 0.717) is 12.4 Å². The number of nitrogens with zero attached hydrogens (tertiary/aromatic N) is 2. The molecular formula is C30H40N2O5. The van der Waals surface area contributed by atoms with Gasteiger partial charge in [-0.2, -0.15) is 0 Å². The van der Waals surface area contributed by atoms with E-state index in [-0.39, 0.29) is 6.10 Å². The third-order valence-corrected chi connectivity index (χ3v) is 6.52. The monoisotopic (exact) mass is 508 g/mol. The van der Waals surface area contributed by atoms with Crippen LogP contribution in [-0.2, 0) is 4.74 Å². The molecule has 0 spiro atoms. The van der Waals surface area contributed by atoms with Crippen molar-refractivity contribution in [3.8, 4) is 39.7 Å². The summed E-state index contributed by atoms with van der Waals surface area (Å²) in [4.78, 5) is 2.50. The van der Waals surface area contributed by atoms with Crippen molar-refractivity contribution in [1.29, 1.82) is 0 Å². The predicted molar refractivity (Wildman–Crippen MR) is 146 cm³/mol. The van der Waals surface area contributed by atoms with E-state index in [2.05, 4.69) is 10.1 Å². The van der Waals surface area contributed by atoms with Crippen molar-refractivity contribution in [3.05, 3.63) is 48.7 Å². The van der Waals surface area contributed by atoms with Crippen LogP contribution in [0.1, 0.15) is 46.0 Å². The Hall–Kier alpha value is -3.03. The Bertz CT molecular complexity index is 1070. The lowest BCUT2D eigenvalue weighted by molar-refractivity contribution is 0.0371. The van der Waals surface area contributed by atoms with Gasteiger partial charge in [0, 0.05) is 24.7 Å². The highest BCUT2D eigenvalue weighted by Crippen LogP contribution is 2.39. The van der Waals surface area contributed by atoms with Crippen molar-refractivity contribution in [1.82, 2.24) is 10.1 Å². The number of hydrogen-bond donors (Lipinski definition) is 0. The molecule has 1 aromatic heterocycles. The minimum atomic E-state index is 0.0799. The van der Waals surface area contributed by atoms with E-state index in [9.17, 15) is 0 Å². The van der Waals surface area contributed by atoms with Gasteiger partial charge in [-0.1, -0.05) is 36.6 Å². The van der Waals surface area contributed by atoms with Gasteiger partial charge in [-0.05, 0) is 63.1 Å². The fourth-order valence-corrected chi connectivity index (χ4v) is 4.54. The zero-order valence-electron chi connectivity index (χ0n) is 22.4. The Labute approximate surface area is 220 Å². The molecule has 0 bridgehead atoms. The molecule has 200 valence electrons. The van der Waals surface area contributed by atoms with Gasteiger partial charge in [-0.25, -0.2) is 0 Å². The number of ether oxygens (including phenoxy) is 4. The molecule has 37 heavy (non-hydrogen) atoms. The van der Waals surface area contributed by atoms with Gasteiger partial charge in [-0.3, -0.25) is 4.90 Å². The maximum Gasteiger partial charge on any atom is 0.178 e. The van der Waals surface area contributed by atoms with Crippen LogP contribution in [0.2, 0.25) is 0 Å². The number of rotatable bonds is 14. The molecule has 1 aliphatic rings. The highest BCUT2D eigenvalue weighted by Gasteiger charge is 2.19. The molecule has 0 amide bonds. The summed E-state index contributed by atoms with van der Waals surface area (Å²) in [6.45, 7) is 9.75. The average Bonchev–Trinajstić information content (AvgIpc) is 3.40. The molecule has 3 aromatic rings. The standard InChI is InChI=1S/C30H40N2O5/c1-23(2)36-26-13-14-27(30-28(22-31-37-30)24-9-11-25(33-3)12-10-24)29(21-26)35-18-8-6-4-5-7-15-32-16-19-34-20-17-32/h9-14,21-23H,4-8,15-20H2,1-3H3. The smallest absolute Gasteiger partial charge is 0.178 e. The molecule has 2 aromatic carbocycles. The van der Waals surface area contributed by atoms with Crippen LogP contribution in [0.15, 0.2) is 53.2 Å². The van der Waals surface area contributed by atoms with Crippen LogP contribution in [0, 0.1) is 0 Å². The van der Waals surface area contributed by atoms with Crippen molar-refractivity contribution in [2.24, 2.45) is 0 Å². The van der Waals surface area contributed by atoms with Gasteiger partial charge in [0.25, 0.3) is 0 Å². The molecular weight excluding hydrogens is 468 g/mol. The van der Waals surface area contributed by atoms with Gasteiger partial charge in [0.15, 0.2) is 5.76 Å². The third-order valence-electron chi connectivity index (χ3n) is 6.52. The first kappa shape index (κ1) is 27.0. The van der Waals surface area contributed by atoms with Crippen molar-refractivity contribution in [3.63, 3.8) is 0 Å². The van der Waals surface area contributed by atoms with Gasteiger partial charge < -0.3 is 23.5 Å². The highest BCUT2D eigenvalue weighted by atomic mass is 16.5. The van der Waals surface area contributed by atoms with Crippen molar-refractivity contribution >= 4 is 0 Å². The summed E-state index contributed by atoms with van der Waals surface area (Å²) in [6.07, 6.45) is 7.71. The summed E-state index contributed by atoms with van der Waals surface area (Å²) in [6, 6.07) is 13.8. The first-order valence-electron chi connectivity index (χ1n) is 13.5. The molecule has 4 rings (SSSR count). The number of methoxy groups -OCH3 is 1. The minimum Gasteiger partial charge on any atom is -0.497 e. The SMILES string of the molecule is COc1ccc(-c2cnoc2-c2ccc(OC(C)C)cc2OCCCCCCCN2CCOCC2)cc1.